The van der Waals surface area contributed by atoms with Crippen molar-refractivity contribution >= 4 is 6.47 Å². The van der Waals surface area contributed by atoms with Gasteiger partial charge in [0.15, 0.2) is 0 Å². The number of hydrogen-bond acceptors (Lipinski definition) is 2. The first-order valence-electron chi connectivity index (χ1n) is 10.0. The van der Waals surface area contributed by atoms with E-state index in [1.807, 2.05) is 0 Å². The van der Waals surface area contributed by atoms with E-state index in [4.69, 9.17) is 17.9 Å². The first kappa shape index (κ1) is 17.6. The van der Waals surface area contributed by atoms with E-state index >= 15 is 0 Å². The molecule has 3 fully saturated rings. The first-order chi connectivity index (χ1) is 12.5. The van der Waals surface area contributed by atoms with E-state index in [1.54, 1.807) is 0 Å². The van der Waals surface area contributed by atoms with E-state index in [0.717, 1.165) is 44.9 Å². The molecule has 138 valence electrons. The molecule has 26 heavy (non-hydrogen) atoms. The van der Waals surface area contributed by atoms with Gasteiger partial charge in [0.2, 0.25) is 12.1 Å². The van der Waals surface area contributed by atoms with Crippen molar-refractivity contribution in [2.45, 2.75) is 77.0 Å². The Morgan fingerprint density at radius 2 is 1.92 bits per heavy atom. The molecule has 3 saturated carbocycles. The average Bonchev–Trinajstić information content (AvgIpc) is 2.98. The van der Waals surface area contributed by atoms with Crippen LogP contribution in [0.5, 0.6) is 0 Å². The second-order valence-corrected chi connectivity index (χ2v) is 9.38. The van der Waals surface area contributed by atoms with Crippen molar-refractivity contribution in [3.8, 4) is 0 Å². The van der Waals surface area contributed by atoms with Gasteiger partial charge in [0.05, 0.1) is 0 Å². The topological polar surface area (TPSA) is 35.0 Å². The lowest BCUT2D eigenvalue weighted by atomic mass is 9.47. The molecule has 3 unspecified atom stereocenters. The second-order valence-electron chi connectivity index (χ2n) is 9.38. The summed E-state index contributed by atoms with van der Waals surface area (Å²) < 4.78 is 5.26. The minimum Gasteiger partial charge on any atom is -0.464 e. The Hall–Kier alpha value is -1.81. The summed E-state index contributed by atoms with van der Waals surface area (Å²) in [5.41, 5.74) is 1.57. The van der Waals surface area contributed by atoms with Crippen LogP contribution in [-0.4, -0.2) is 24.7 Å². The van der Waals surface area contributed by atoms with Gasteiger partial charge in [0, 0.05) is 24.2 Å². The smallest absolute Gasteiger partial charge is 0.293 e. The van der Waals surface area contributed by atoms with E-state index in [1.165, 1.54) is 5.57 Å². The fourth-order valence-corrected chi connectivity index (χ4v) is 7.12. The minimum absolute atomic E-state index is 0.0263. The number of hydrogen-bond donors (Lipinski definition) is 0. The van der Waals surface area contributed by atoms with Gasteiger partial charge in [0.1, 0.15) is 6.10 Å². The van der Waals surface area contributed by atoms with E-state index in [2.05, 4.69) is 29.6 Å². The van der Waals surface area contributed by atoms with E-state index < -0.39 is 0 Å². The van der Waals surface area contributed by atoms with Gasteiger partial charge in [-0.3, -0.25) is 4.79 Å². The maximum absolute atomic E-state index is 10.8. The lowest BCUT2D eigenvalue weighted by Crippen LogP contribution is -2.54. The summed E-state index contributed by atoms with van der Waals surface area (Å²) in [4.78, 5) is 18.8. The monoisotopic (exact) mass is 352 g/mol. The number of carbonyl (C=O) groups is 1. The Morgan fingerprint density at radius 3 is 2.62 bits per heavy atom. The molecule has 8 atom stereocenters. The molecule has 0 amide bonds. The second kappa shape index (κ2) is 6.12. The Labute approximate surface area is 156 Å². The van der Waals surface area contributed by atoms with E-state index in [0.29, 0.717) is 24.2 Å². The molecular weight excluding hydrogens is 324 g/mol. The molecule has 0 aromatic heterocycles. The van der Waals surface area contributed by atoms with Crippen molar-refractivity contribution in [1.29, 1.82) is 0 Å². The highest BCUT2D eigenvalue weighted by atomic mass is 16.5. The summed E-state index contributed by atoms with van der Waals surface area (Å²) in [6.07, 6.45) is 9.30. The van der Waals surface area contributed by atoms with Crippen LogP contribution in [0.25, 0.3) is 9.69 Å². The van der Waals surface area contributed by atoms with Gasteiger partial charge in [0.25, 0.3) is 6.47 Å². The molecule has 0 saturated heterocycles. The minimum atomic E-state index is -0.0767. The van der Waals surface area contributed by atoms with Crippen LogP contribution in [0, 0.1) is 41.7 Å². The normalized spacial score (nSPS) is 49.5. The number of fused-ring (bicyclic) bond motifs is 5. The Bertz CT molecular complexity index is 717. The molecule has 0 bridgehead atoms. The molecule has 0 aliphatic heterocycles. The first-order valence-corrected chi connectivity index (χ1v) is 10.0. The predicted octanol–water partition coefficient (Wildman–Crippen LogP) is 4.68. The van der Waals surface area contributed by atoms with Gasteiger partial charge in [-0.05, 0) is 55.4 Å². The van der Waals surface area contributed by atoms with Gasteiger partial charge in [-0.25, -0.2) is 13.1 Å². The standard InChI is InChI=1S/C22H28N2O2/c1-21-9-7-15(26-13-25)11-14(21)12-18(23-3)20-16-5-6-19(24-4)22(16,2)10-8-17(20)21/h12-13,15-20H,5-11H2,1-2H3/t15?,16-,17-,18?,19?,20-,21-,22-/m0/s1. The van der Waals surface area contributed by atoms with Gasteiger partial charge in [-0.15, -0.1) is 0 Å². The third kappa shape index (κ3) is 2.27. The fourth-order valence-electron chi connectivity index (χ4n) is 7.12. The summed E-state index contributed by atoms with van der Waals surface area (Å²) >= 11 is 0. The van der Waals surface area contributed by atoms with Crippen LogP contribution in [0.4, 0.5) is 0 Å². The lowest BCUT2D eigenvalue weighted by molar-refractivity contribution is -0.135. The van der Waals surface area contributed by atoms with Crippen LogP contribution in [-0.2, 0) is 9.53 Å². The molecule has 0 N–H and O–H groups in total. The van der Waals surface area contributed by atoms with Crippen molar-refractivity contribution in [1.82, 2.24) is 0 Å². The summed E-state index contributed by atoms with van der Waals surface area (Å²) in [5.74, 6) is 1.41. The third-order valence-corrected chi connectivity index (χ3v) is 8.59. The lowest BCUT2D eigenvalue weighted by Gasteiger charge is -2.56. The Balaban J connectivity index is 1.71. The van der Waals surface area contributed by atoms with Crippen LogP contribution in [0.3, 0.4) is 0 Å². The van der Waals surface area contributed by atoms with Crippen molar-refractivity contribution in [2.24, 2.45) is 28.6 Å². The maximum atomic E-state index is 10.8. The van der Waals surface area contributed by atoms with Crippen molar-refractivity contribution in [3.05, 3.63) is 34.5 Å². The Morgan fingerprint density at radius 1 is 1.12 bits per heavy atom. The highest BCUT2D eigenvalue weighted by molar-refractivity contribution is 5.38. The van der Waals surface area contributed by atoms with E-state index in [9.17, 15) is 4.79 Å². The molecular formula is C22H28N2O2. The number of carbonyl (C=O) groups excluding carboxylic acids is 1. The number of ether oxygens (including phenoxy) is 1. The molecule has 4 nitrogen and oxygen atoms in total. The third-order valence-electron chi connectivity index (χ3n) is 8.59. The predicted molar refractivity (Wildman–Crippen MR) is 98.8 cm³/mol. The SMILES string of the molecule is [C-]#[N+]C1C=C2CC(OC=O)CC[C@]2(C)[C@H]2CC[C@]3(C)C([N+]#[C-])CC[C@H]3[C@H]12. The molecule has 0 heterocycles. The summed E-state index contributed by atoms with van der Waals surface area (Å²) in [5, 5.41) is 0. The van der Waals surface area contributed by atoms with Gasteiger partial charge in [-0.2, -0.15) is 0 Å². The summed E-state index contributed by atoms with van der Waals surface area (Å²) in [6, 6.07) is 0.0573. The van der Waals surface area contributed by atoms with Crippen molar-refractivity contribution in [2.75, 3.05) is 0 Å². The number of nitrogens with zero attached hydrogens (tertiary/aromatic N) is 2. The molecule has 4 aliphatic carbocycles. The van der Waals surface area contributed by atoms with Crippen LogP contribution in [0.1, 0.15) is 58.8 Å². The van der Waals surface area contributed by atoms with Gasteiger partial charge >= 0.3 is 0 Å². The fraction of sp³-hybridized carbons (Fsp3) is 0.773. The molecule has 0 aromatic carbocycles. The summed E-state index contributed by atoms with van der Waals surface area (Å²) in [6.45, 7) is 20.8. The molecule has 4 rings (SSSR count). The van der Waals surface area contributed by atoms with Gasteiger partial charge in [-0.1, -0.05) is 19.4 Å². The quantitative estimate of drug-likeness (QED) is 0.411. The molecule has 4 aliphatic rings. The zero-order valence-corrected chi connectivity index (χ0v) is 15.8. The number of rotatable bonds is 2. The molecule has 0 aromatic rings. The average molecular weight is 352 g/mol. The van der Waals surface area contributed by atoms with Crippen molar-refractivity contribution < 1.29 is 9.53 Å². The van der Waals surface area contributed by atoms with Crippen LogP contribution < -0.4 is 0 Å². The van der Waals surface area contributed by atoms with Crippen LogP contribution >= 0.6 is 0 Å². The molecule has 4 heteroatoms. The molecule has 0 radical (unpaired) electrons. The maximum Gasteiger partial charge on any atom is 0.293 e. The van der Waals surface area contributed by atoms with Gasteiger partial charge < -0.3 is 14.4 Å². The largest absolute Gasteiger partial charge is 0.464 e. The highest BCUT2D eigenvalue weighted by Crippen LogP contribution is 2.65. The Kier molecular flexibility index (Phi) is 4.14. The van der Waals surface area contributed by atoms with Crippen LogP contribution in [0.15, 0.2) is 11.6 Å². The summed E-state index contributed by atoms with van der Waals surface area (Å²) in [7, 11) is 0. The van der Waals surface area contributed by atoms with E-state index in [-0.39, 0.29) is 29.0 Å². The highest BCUT2D eigenvalue weighted by Gasteiger charge is 2.64. The molecule has 0 spiro atoms. The zero-order chi connectivity index (χ0) is 18.5. The van der Waals surface area contributed by atoms with Crippen molar-refractivity contribution in [3.63, 3.8) is 0 Å². The zero-order valence-electron chi connectivity index (χ0n) is 15.8. The van der Waals surface area contributed by atoms with Crippen LogP contribution in [0.2, 0.25) is 0 Å².